The zero-order valence-electron chi connectivity index (χ0n) is 9.99. The molecule has 1 aliphatic heterocycles. The molecule has 1 unspecified atom stereocenters. The fraction of sp³-hybridized carbons (Fsp3) is 0.500. The molecular formula is C12H16ClN3O2. The molecule has 1 aliphatic rings. The van der Waals surface area contributed by atoms with Gasteiger partial charge in [0.05, 0.1) is 15.6 Å². The number of hydrogen-bond acceptors (Lipinski definition) is 4. The van der Waals surface area contributed by atoms with Crippen LogP contribution in [0.25, 0.3) is 0 Å². The van der Waals surface area contributed by atoms with E-state index in [1.54, 1.807) is 6.07 Å². The molecule has 5 nitrogen and oxygen atoms in total. The average molecular weight is 270 g/mol. The molecule has 0 radical (unpaired) electrons. The second kappa shape index (κ2) is 6.02. The van der Waals surface area contributed by atoms with Crippen LogP contribution in [0.15, 0.2) is 18.2 Å². The van der Waals surface area contributed by atoms with Gasteiger partial charge in [0, 0.05) is 24.7 Å². The molecule has 0 saturated carbocycles. The van der Waals surface area contributed by atoms with E-state index in [0.29, 0.717) is 16.8 Å². The Labute approximate surface area is 111 Å². The number of rotatable bonds is 4. The summed E-state index contributed by atoms with van der Waals surface area (Å²) in [6, 6.07) is 4.85. The fourth-order valence-electron chi connectivity index (χ4n) is 2.09. The smallest absolute Gasteiger partial charge is 0.271 e. The van der Waals surface area contributed by atoms with E-state index in [9.17, 15) is 10.1 Å². The van der Waals surface area contributed by atoms with Crippen molar-refractivity contribution in [2.75, 3.05) is 18.4 Å². The summed E-state index contributed by atoms with van der Waals surface area (Å²) in [5, 5.41) is 17.8. The molecule has 1 heterocycles. The molecular weight excluding hydrogens is 254 g/mol. The van der Waals surface area contributed by atoms with E-state index in [-0.39, 0.29) is 5.69 Å². The SMILES string of the molecule is O=[N+]([O-])c1ccc(Cl)c(NCC2CCCCN2)c1. The Morgan fingerprint density at radius 2 is 2.33 bits per heavy atom. The lowest BCUT2D eigenvalue weighted by molar-refractivity contribution is -0.384. The second-order valence-electron chi connectivity index (χ2n) is 4.45. The van der Waals surface area contributed by atoms with Gasteiger partial charge in [-0.3, -0.25) is 10.1 Å². The number of non-ortho nitro benzene ring substituents is 1. The Bertz CT molecular complexity index is 433. The van der Waals surface area contributed by atoms with Crippen molar-refractivity contribution in [2.24, 2.45) is 0 Å². The highest BCUT2D eigenvalue weighted by atomic mass is 35.5. The normalized spacial score (nSPS) is 19.5. The Balaban J connectivity index is 1.99. The van der Waals surface area contributed by atoms with Crippen LogP contribution in [0.4, 0.5) is 11.4 Å². The number of anilines is 1. The van der Waals surface area contributed by atoms with Crippen molar-refractivity contribution in [1.29, 1.82) is 0 Å². The third kappa shape index (κ3) is 3.34. The predicted molar refractivity (Wildman–Crippen MR) is 72.2 cm³/mol. The van der Waals surface area contributed by atoms with Gasteiger partial charge in [-0.15, -0.1) is 0 Å². The summed E-state index contributed by atoms with van der Waals surface area (Å²) in [7, 11) is 0. The quantitative estimate of drug-likeness (QED) is 0.651. The van der Waals surface area contributed by atoms with E-state index < -0.39 is 4.92 Å². The van der Waals surface area contributed by atoms with Crippen LogP contribution in [0.2, 0.25) is 5.02 Å². The summed E-state index contributed by atoms with van der Waals surface area (Å²) >= 11 is 6.01. The van der Waals surface area contributed by atoms with Crippen molar-refractivity contribution < 1.29 is 4.92 Å². The third-order valence-corrected chi connectivity index (χ3v) is 3.44. The van der Waals surface area contributed by atoms with Crippen molar-refractivity contribution in [1.82, 2.24) is 5.32 Å². The minimum Gasteiger partial charge on any atom is -0.382 e. The predicted octanol–water partition coefficient (Wildman–Crippen LogP) is 2.80. The van der Waals surface area contributed by atoms with E-state index in [1.165, 1.54) is 25.0 Å². The van der Waals surface area contributed by atoms with Gasteiger partial charge in [0.25, 0.3) is 5.69 Å². The van der Waals surface area contributed by atoms with Gasteiger partial charge in [0.2, 0.25) is 0 Å². The molecule has 0 amide bonds. The van der Waals surface area contributed by atoms with Crippen LogP contribution in [0.5, 0.6) is 0 Å². The van der Waals surface area contributed by atoms with Gasteiger partial charge in [0.1, 0.15) is 0 Å². The van der Waals surface area contributed by atoms with Gasteiger partial charge < -0.3 is 10.6 Å². The maximum absolute atomic E-state index is 10.7. The zero-order valence-corrected chi connectivity index (χ0v) is 10.7. The van der Waals surface area contributed by atoms with Crippen LogP contribution in [-0.4, -0.2) is 24.1 Å². The first-order valence-electron chi connectivity index (χ1n) is 6.08. The lowest BCUT2D eigenvalue weighted by Crippen LogP contribution is -2.39. The number of piperidine rings is 1. The van der Waals surface area contributed by atoms with Gasteiger partial charge in [-0.2, -0.15) is 0 Å². The van der Waals surface area contributed by atoms with Crippen LogP contribution in [0, 0.1) is 10.1 Å². The first-order chi connectivity index (χ1) is 8.66. The van der Waals surface area contributed by atoms with Crippen LogP contribution in [-0.2, 0) is 0 Å². The standard InChI is InChI=1S/C12H16ClN3O2/c13-11-5-4-10(16(17)18)7-12(11)15-8-9-3-1-2-6-14-9/h4-5,7,9,14-15H,1-3,6,8H2. The molecule has 0 aliphatic carbocycles. The lowest BCUT2D eigenvalue weighted by Gasteiger charge is -2.24. The van der Waals surface area contributed by atoms with Crippen molar-refractivity contribution in [2.45, 2.75) is 25.3 Å². The molecule has 1 atom stereocenters. The zero-order chi connectivity index (χ0) is 13.0. The van der Waals surface area contributed by atoms with Crippen molar-refractivity contribution in [3.63, 3.8) is 0 Å². The Morgan fingerprint density at radius 1 is 1.50 bits per heavy atom. The maximum Gasteiger partial charge on any atom is 0.271 e. The summed E-state index contributed by atoms with van der Waals surface area (Å²) < 4.78 is 0. The number of nitrogens with zero attached hydrogens (tertiary/aromatic N) is 1. The molecule has 0 bridgehead atoms. The monoisotopic (exact) mass is 269 g/mol. The largest absolute Gasteiger partial charge is 0.382 e. The van der Waals surface area contributed by atoms with Gasteiger partial charge in [-0.1, -0.05) is 18.0 Å². The van der Waals surface area contributed by atoms with Crippen LogP contribution in [0.3, 0.4) is 0 Å². The van der Waals surface area contributed by atoms with Crippen LogP contribution in [0.1, 0.15) is 19.3 Å². The van der Waals surface area contributed by atoms with Gasteiger partial charge in [-0.25, -0.2) is 0 Å². The van der Waals surface area contributed by atoms with Crippen LogP contribution >= 0.6 is 11.6 Å². The average Bonchev–Trinajstić information content (AvgIpc) is 2.38. The second-order valence-corrected chi connectivity index (χ2v) is 4.86. The highest BCUT2D eigenvalue weighted by molar-refractivity contribution is 6.33. The van der Waals surface area contributed by atoms with E-state index >= 15 is 0 Å². The minimum atomic E-state index is -0.416. The highest BCUT2D eigenvalue weighted by Gasteiger charge is 2.14. The lowest BCUT2D eigenvalue weighted by atomic mass is 10.1. The number of nitrogens with one attached hydrogen (secondary N) is 2. The summed E-state index contributed by atoms with van der Waals surface area (Å²) in [5.74, 6) is 0. The molecule has 98 valence electrons. The van der Waals surface area contributed by atoms with Crippen molar-refractivity contribution in [3.8, 4) is 0 Å². The number of benzene rings is 1. The molecule has 0 spiro atoms. The molecule has 1 aromatic rings. The molecule has 18 heavy (non-hydrogen) atoms. The Morgan fingerprint density at radius 3 is 3.00 bits per heavy atom. The maximum atomic E-state index is 10.7. The molecule has 2 rings (SSSR count). The van der Waals surface area contributed by atoms with Gasteiger partial charge in [-0.05, 0) is 25.5 Å². The summed E-state index contributed by atoms with van der Waals surface area (Å²) in [6.45, 7) is 1.77. The van der Waals surface area contributed by atoms with E-state index in [2.05, 4.69) is 10.6 Å². The van der Waals surface area contributed by atoms with E-state index in [1.807, 2.05) is 0 Å². The molecule has 0 aromatic heterocycles. The Kier molecular flexibility index (Phi) is 4.38. The number of hydrogen-bond donors (Lipinski definition) is 2. The molecule has 2 N–H and O–H groups in total. The number of halogens is 1. The van der Waals surface area contributed by atoms with Crippen molar-refractivity contribution >= 4 is 23.0 Å². The van der Waals surface area contributed by atoms with E-state index in [4.69, 9.17) is 11.6 Å². The Hall–Kier alpha value is -1.33. The molecule has 6 heteroatoms. The van der Waals surface area contributed by atoms with Crippen LogP contribution < -0.4 is 10.6 Å². The fourth-order valence-corrected chi connectivity index (χ4v) is 2.28. The number of nitro groups is 1. The molecule has 1 fully saturated rings. The summed E-state index contributed by atoms with van der Waals surface area (Å²) in [4.78, 5) is 10.3. The van der Waals surface area contributed by atoms with E-state index in [0.717, 1.165) is 19.5 Å². The first-order valence-corrected chi connectivity index (χ1v) is 6.46. The molecule has 1 aromatic carbocycles. The highest BCUT2D eigenvalue weighted by Crippen LogP contribution is 2.26. The first kappa shape index (κ1) is 13.1. The number of nitro benzene ring substituents is 1. The van der Waals surface area contributed by atoms with Crippen molar-refractivity contribution in [3.05, 3.63) is 33.3 Å². The summed E-state index contributed by atoms with van der Waals surface area (Å²) in [6.07, 6.45) is 3.57. The molecule has 1 saturated heterocycles. The third-order valence-electron chi connectivity index (χ3n) is 3.11. The minimum absolute atomic E-state index is 0.0542. The van der Waals surface area contributed by atoms with Gasteiger partial charge in [0.15, 0.2) is 0 Å². The summed E-state index contributed by atoms with van der Waals surface area (Å²) in [5.41, 5.74) is 0.678. The van der Waals surface area contributed by atoms with Gasteiger partial charge >= 0.3 is 0 Å². The topological polar surface area (TPSA) is 67.2 Å².